The molecule has 2 saturated carbocycles. The summed E-state index contributed by atoms with van der Waals surface area (Å²) in [5, 5.41) is 12.1. The fraction of sp³-hybridized carbons (Fsp3) is 0.554. The summed E-state index contributed by atoms with van der Waals surface area (Å²) >= 11 is 0. The second kappa shape index (κ2) is 21.7. The first kappa shape index (κ1) is 56.4. The summed E-state index contributed by atoms with van der Waals surface area (Å²) in [6.07, 6.45) is 11.1. The van der Waals surface area contributed by atoms with E-state index in [0.717, 1.165) is 94.2 Å². The number of benzene rings is 2. The molecule has 1 saturated heterocycles. The van der Waals surface area contributed by atoms with E-state index in [1.54, 1.807) is 35.4 Å². The number of amides is 1. The van der Waals surface area contributed by atoms with Gasteiger partial charge in [-0.1, -0.05) is 44.4 Å². The molecule has 3 fully saturated rings. The summed E-state index contributed by atoms with van der Waals surface area (Å²) in [5.74, 6) is -0.0955. The average molecular weight is 1110 g/mol. The molecule has 5 heterocycles. The number of hydrogen-bond acceptors (Lipinski definition) is 14. The topological polar surface area (TPSA) is 187 Å². The number of unbranched alkanes of at least 4 members (excludes halogenated alkanes) is 3. The predicted molar refractivity (Wildman–Crippen MR) is 307 cm³/mol. The molecule has 1 amide bonds. The van der Waals surface area contributed by atoms with Crippen LogP contribution in [0, 0.1) is 17.3 Å². The zero-order valence-electron chi connectivity index (χ0n) is 48.5. The van der Waals surface area contributed by atoms with Gasteiger partial charge in [-0.05, 0) is 163 Å². The molecule has 3 aliphatic heterocycles. The summed E-state index contributed by atoms with van der Waals surface area (Å²) in [7, 11) is 2.15. The number of carbonyl (C=O) groups excluding carboxylic acids is 5. The van der Waals surface area contributed by atoms with Crippen LogP contribution in [0.3, 0.4) is 0 Å². The number of anilines is 1. The standard InChI is InChI=1S/C65H79N5O11/c1-9-64(77)53-34-55-58-43(36-70(55)59(74)51(53)37-78-60(64)75)33-48-50(38-79-62(4,5)6)56(23-22-54(48)66-58)80-61(76)69-30-28-68(29-31-69)27-13-11-10-12-26-67(8)44-17-14-41(15-18-44)49-35-63(7)52(24-25-65(63,39(2)71)81-40(3)72)47-20-16-42-32-45(73)19-21-46(42)57(47)49/h14-15,17-18,22-23,32-34,47,49,52,77H,9-13,16,19-21,24-31,35-38H2,1-8H3/t47-,49+,52-,63-,64-,65-/m0/s1. The maximum atomic E-state index is 13.9. The Hall–Kier alpha value is -6.49. The van der Waals surface area contributed by atoms with Gasteiger partial charge in [0.25, 0.3) is 5.56 Å². The number of pyridine rings is 2. The maximum Gasteiger partial charge on any atom is 0.415 e. The van der Waals surface area contributed by atoms with Crippen molar-refractivity contribution in [3.8, 4) is 17.1 Å². The Balaban J connectivity index is 0.682. The average Bonchev–Trinajstić information content (AvgIpc) is 2.21. The Morgan fingerprint density at radius 1 is 0.926 bits per heavy atom. The van der Waals surface area contributed by atoms with Gasteiger partial charge < -0.3 is 38.4 Å². The van der Waals surface area contributed by atoms with Gasteiger partial charge in [0, 0.05) is 92.2 Å². The van der Waals surface area contributed by atoms with E-state index < -0.39 is 40.2 Å². The largest absolute Gasteiger partial charge is 0.458 e. The first-order valence-electron chi connectivity index (χ1n) is 29.6. The number of aliphatic hydroxyl groups is 1. The third kappa shape index (κ3) is 10.1. The van der Waals surface area contributed by atoms with Gasteiger partial charge in [0.15, 0.2) is 22.8 Å². The van der Waals surface area contributed by atoms with E-state index in [2.05, 4.69) is 48.0 Å². The number of nitrogens with zero attached hydrogens (tertiary/aromatic N) is 5. The molecular weight excluding hydrogens is 1030 g/mol. The number of Topliss-reactive ketones (excluding diaryl/α,β-unsaturated/α-hetero) is 1. The Labute approximate surface area is 474 Å². The second-order valence-electron chi connectivity index (χ2n) is 25.2. The number of fused-ring (bicyclic) bond motifs is 9. The van der Waals surface area contributed by atoms with Gasteiger partial charge in [-0.25, -0.2) is 14.6 Å². The third-order valence-corrected chi connectivity index (χ3v) is 19.4. The van der Waals surface area contributed by atoms with Crippen molar-refractivity contribution in [1.82, 2.24) is 19.4 Å². The van der Waals surface area contributed by atoms with Gasteiger partial charge in [-0.2, -0.15) is 0 Å². The molecule has 4 aromatic rings. The zero-order chi connectivity index (χ0) is 57.3. The maximum absolute atomic E-state index is 13.9. The van der Waals surface area contributed by atoms with Gasteiger partial charge in [0.2, 0.25) is 0 Å². The molecule has 1 N–H and O–H groups in total. The number of allylic oxidation sites excluding steroid dienone is 4. The fourth-order valence-electron chi connectivity index (χ4n) is 15.1. The Morgan fingerprint density at radius 2 is 1.68 bits per heavy atom. The first-order valence-corrected chi connectivity index (χ1v) is 29.6. The smallest absolute Gasteiger partial charge is 0.415 e. The van der Waals surface area contributed by atoms with Crippen molar-refractivity contribution < 1.29 is 48.0 Å². The predicted octanol–water partition coefficient (Wildman–Crippen LogP) is 10.00. The summed E-state index contributed by atoms with van der Waals surface area (Å²) in [6.45, 7) is 17.5. The minimum absolute atomic E-state index is 0.0540. The van der Waals surface area contributed by atoms with Gasteiger partial charge in [-0.3, -0.25) is 24.1 Å². The molecule has 81 heavy (non-hydrogen) atoms. The van der Waals surface area contributed by atoms with E-state index in [0.29, 0.717) is 60.6 Å². The van der Waals surface area contributed by atoms with Crippen molar-refractivity contribution in [2.45, 2.75) is 168 Å². The molecule has 2 aromatic heterocycles. The van der Waals surface area contributed by atoms with Crippen LogP contribution in [0.15, 0.2) is 76.1 Å². The highest BCUT2D eigenvalue weighted by Crippen LogP contribution is 2.68. The van der Waals surface area contributed by atoms with Crippen LogP contribution in [0.2, 0.25) is 0 Å². The van der Waals surface area contributed by atoms with E-state index in [1.807, 2.05) is 39.0 Å². The Bertz CT molecular complexity index is 3350. The summed E-state index contributed by atoms with van der Waals surface area (Å²) in [5.41, 5.74) is 5.68. The van der Waals surface area contributed by atoms with Crippen LogP contribution in [0.25, 0.3) is 22.3 Å². The fourth-order valence-corrected chi connectivity index (χ4v) is 15.1. The number of hydrogen-bond donors (Lipinski definition) is 1. The van der Waals surface area contributed by atoms with Crippen molar-refractivity contribution in [2.24, 2.45) is 17.3 Å². The van der Waals surface area contributed by atoms with E-state index in [9.17, 15) is 33.9 Å². The van der Waals surface area contributed by atoms with Crippen LogP contribution < -0.4 is 15.2 Å². The monoisotopic (exact) mass is 1110 g/mol. The lowest BCUT2D eigenvalue weighted by molar-refractivity contribution is -0.182. The summed E-state index contributed by atoms with van der Waals surface area (Å²) < 4.78 is 25.5. The lowest BCUT2D eigenvalue weighted by atomic mass is 9.50. The quantitative estimate of drug-likeness (QED) is 0.0771. The number of cyclic esters (lactones) is 1. The van der Waals surface area contributed by atoms with E-state index in [1.165, 1.54) is 29.2 Å². The number of rotatable bonds is 15. The molecule has 11 rings (SSSR count). The van der Waals surface area contributed by atoms with Gasteiger partial charge >= 0.3 is 18.0 Å². The second-order valence-corrected chi connectivity index (χ2v) is 25.2. The van der Waals surface area contributed by atoms with Crippen LogP contribution in [0.1, 0.15) is 159 Å². The molecule has 2 aromatic carbocycles. The van der Waals surface area contributed by atoms with Crippen LogP contribution in [-0.2, 0) is 58.7 Å². The lowest BCUT2D eigenvalue weighted by Gasteiger charge is -2.55. The van der Waals surface area contributed by atoms with Crippen molar-refractivity contribution in [1.29, 1.82) is 0 Å². The molecule has 0 spiro atoms. The number of esters is 2. The number of ketones is 2. The van der Waals surface area contributed by atoms with Gasteiger partial charge in [0.05, 0.1) is 41.2 Å². The van der Waals surface area contributed by atoms with Crippen molar-refractivity contribution in [2.75, 3.05) is 51.2 Å². The number of ether oxygens (including phenoxy) is 4. The molecule has 6 atom stereocenters. The SMILES string of the molecule is CC[C@@]1(O)C(=O)OCc2c1cc1n(c2=O)Cc2cc3c(COC(C)(C)C)c(OC(=O)N4CCN(CCCCCCN(C)c5ccc([C@H]6C[C@@]7(C)[C@@H](CC[C@]7(OC(C)=O)C(C)=O)[C@@H]7CCC8=CC(=O)CCC8=C76)cc5)CC4)ccc3nc2-1. The minimum atomic E-state index is -1.92. The number of carbonyl (C=O) groups is 5. The Morgan fingerprint density at radius 3 is 2.40 bits per heavy atom. The van der Waals surface area contributed by atoms with E-state index >= 15 is 0 Å². The van der Waals surface area contributed by atoms with E-state index in [-0.39, 0.29) is 72.2 Å². The molecule has 16 heteroatoms. The van der Waals surface area contributed by atoms with Crippen LogP contribution in [-0.4, -0.2) is 112 Å². The number of piperazine rings is 1. The normalized spacial score (nSPS) is 26.0. The molecule has 0 bridgehead atoms. The number of aromatic nitrogens is 2. The molecule has 7 aliphatic rings. The van der Waals surface area contributed by atoms with Crippen LogP contribution >= 0.6 is 0 Å². The van der Waals surface area contributed by atoms with E-state index in [4.69, 9.17) is 23.9 Å². The molecule has 0 radical (unpaired) electrons. The molecule has 4 aliphatic carbocycles. The highest BCUT2D eigenvalue weighted by atomic mass is 16.6. The van der Waals surface area contributed by atoms with Crippen molar-refractivity contribution in [3.05, 3.63) is 109 Å². The zero-order valence-corrected chi connectivity index (χ0v) is 48.5. The first-order chi connectivity index (χ1) is 38.6. The molecule has 16 nitrogen and oxygen atoms in total. The molecular formula is C65H79N5O11. The van der Waals surface area contributed by atoms with Crippen molar-refractivity contribution >= 4 is 46.2 Å². The lowest BCUT2D eigenvalue weighted by Crippen LogP contribution is -2.57. The highest BCUT2D eigenvalue weighted by molar-refractivity contribution is 5.93. The Kier molecular flexibility index (Phi) is 15.1. The van der Waals surface area contributed by atoms with Gasteiger partial charge in [0.1, 0.15) is 12.4 Å². The van der Waals surface area contributed by atoms with Crippen LogP contribution in [0.4, 0.5) is 10.5 Å². The van der Waals surface area contributed by atoms with Crippen molar-refractivity contribution in [3.63, 3.8) is 0 Å². The van der Waals surface area contributed by atoms with Crippen LogP contribution in [0.5, 0.6) is 5.75 Å². The minimum Gasteiger partial charge on any atom is -0.458 e. The van der Waals surface area contributed by atoms with Gasteiger partial charge in [-0.15, -0.1) is 0 Å². The summed E-state index contributed by atoms with van der Waals surface area (Å²) in [6, 6.07) is 16.2. The summed E-state index contributed by atoms with van der Waals surface area (Å²) in [4.78, 5) is 90.8. The highest BCUT2D eigenvalue weighted by Gasteiger charge is 2.67. The molecule has 430 valence electrons. The molecule has 0 unspecified atom stereocenters. The third-order valence-electron chi connectivity index (χ3n) is 19.4.